The fourth-order valence-electron chi connectivity index (χ4n) is 2.00. The van der Waals surface area contributed by atoms with Crippen molar-refractivity contribution in [2.75, 3.05) is 5.73 Å². The topological polar surface area (TPSA) is 98.1 Å². The number of fused-ring (bicyclic) bond motifs is 1. The number of furan rings is 1. The molecule has 3 aromatic rings. The van der Waals surface area contributed by atoms with Gasteiger partial charge in [0.05, 0.1) is 5.52 Å². The van der Waals surface area contributed by atoms with Crippen LogP contribution in [-0.2, 0) is 7.05 Å². The van der Waals surface area contributed by atoms with Gasteiger partial charge in [-0.05, 0) is 17.7 Å². The van der Waals surface area contributed by atoms with Crippen molar-refractivity contribution in [3.63, 3.8) is 0 Å². The van der Waals surface area contributed by atoms with E-state index in [2.05, 4.69) is 0 Å². The highest BCUT2D eigenvalue weighted by Crippen LogP contribution is 2.30. The molecule has 6 nitrogen and oxygen atoms in total. The van der Waals surface area contributed by atoms with Gasteiger partial charge in [-0.2, -0.15) is 5.26 Å². The van der Waals surface area contributed by atoms with Crippen LogP contribution in [0.25, 0.3) is 22.2 Å². The molecule has 0 atom stereocenters. The van der Waals surface area contributed by atoms with Gasteiger partial charge >= 0.3 is 5.76 Å². The number of oxazole rings is 1. The minimum atomic E-state index is -0.431. The van der Waals surface area contributed by atoms with E-state index < -0.39 is 5.76 Å². The average molecular weight is 255 g/mol. The highest BCUT2D eigenvalue weighted by atomic mass is 16.4. The van der Waals surface area contributed by atoms with Gasteiger partial charge in [0.25, 0.3) is 0 Å². The third-order valence-corrected chi connectivity index (χ3v) is 3.03. The number of nitrogens with two attached hydrogens (primary N) is 1. The molecule has 19 heavy (non-hydrogen) atoms. The van der Waals surface area contributed by atoms with Gasteiger partial charge in [0, 0.05) is 12.6 Å². The molecule has 0 fully saturated rings. The first-order valence-corrected chi connectivity index (χ1v) is 5.49. The lowest BCUT2D eigenvalue weighted by Crippen LogP contribution is -2.08. The van der Waals surface area contributed by atoms with E-state index in [4.69, 9.17) is 19.8 Å². The van der Waals surface area contributed by atoms with Crippen molar-refractivity contribution in [1.29, 1.82) is 5.26 Å². The Morgan fingerprint density at radius 2 is 2.21 bits per heavy atom. The summed E-state index contributed by atoms with van der Waals surface area (Å²) in [5.74, 6) is -0.355. The molecule has 6 heteroatoms. The van der Waals surface area contributed by atoms with Gasteiger partial charge in [-0.1, -0.05) is 6.07 Å². The molecular weight excluding hydrogens is 246 g/mol. The van der Waals surface area contributed by atoms with Crippen molar-refractivity contribution in [2.24, 2.45) is 7.05 Å². The van der Waals surface area contributed by atoms with E-state index in [1.165, 1.54) is 10.8 Å². The fourth-order valence-corrected chi connectivity index (χ4v) is 2.00. The van der Waals surface area contributed by atoms with Crippen molar-refractivity contribution >= 4 is 17.0 Å². The fraction of sp³-hybridized carbons (Fsp3) is 0.0769. The van der Waals surface area contributed by atoms with Crippen LogP contribution in [0.4, 0.5) is 5.88 Å². The summed E-state index contributed by atoms with van der Waals surface area (Å²) in [7, 11) is 1.63. The summed E-state index contributed by atoms with van der Waals surface area (Å²) in [6, 6.07) is 7.20. The molecule has 0 aliphatic rings. The number of nitrogen functional groups attached to an aromatic ring is 1. The number of rotatable bonds is 1. The van der Waals surface area contributed by atoms with Crippen molar-refractivity contribution in [2.45, 2.75) is 0 Å². The van der Waals surface area contributed by atoms with Crippen LogP contribution in [0, 0.1) is 11.3 Å². The molecule has 0 saturated carbocycles. The van der Waals surface area contributed by atoms with E-state index in [1.807, 2.05) is 6.07 Å². The maximum Gasteiger partial charge on any atom is 0.419 e. The molecule has 0 unspecified atom stereocenters. The summed E-state index contributed by atoms with van der Waals surface area (Å²) in [4.78, 5) is 11.4. The second-order valence-corrected chi connectivity index (χ2v) is 4.11. The number of nitriles is 1. The van der Waals surface area contributed by atoms with E-state index in [0.29, 0.717) is 22.2 Å². The van der Waals surface area contributed by atoms with E-state index in [0.717, 1.165) is 0 Å². The molecule has 0 amide bonds. The summed E-state index contributed by atoms with van der Waals surface area (Å²) in [5.41, 5.74) is 8.26. The zero-order valence-corrected chi connectivity index (χ0v) is 10.0. The predicted octanol–water partition coefficient (Wildman–Crippen LogP) is 1.85. The molecule has 0 bridgehead atoms. The van der Waals surface area contributed by atoms with Crippen LogP contribution in [0.2, 0.25) is 0 Å². The lowest BCUT2D eigenvalue weighted by atomic mass is 10.0. The number of anilines is 1. The Morgan fingerprint density at radius 1 is 1.42 bits per heavy atom. The third-order valence-electron chi connectivity index (χ3n) is 3.03. The number of hydrogen-bond acceptors (Lipinski definition) is 5. The Kier molecular flexibility index (Phi) is 2.22. The summed E-state index contributed by atoms with van der Waals surface area (Å²) >= 11 is 0. The lowest BCUT2D eigenvalue weighted by Gasteiger charge is -1.98. The third kappa shape index (κ3) is 1.52. The van der Waals surface area contributed by atoms with Crippen LogP contribution in [0.1, 0.15) is 5.56 Å². The SMILES string of the molecule is Cn1c(=O)oc2cc(-c3coc(N)c3C#N)ccc21. The molecule has 0 saturated heterocycles. The molecule has 0 spiro atoms. The van der Waals surface area contributed by atoms with Crippen LogP contribution in [0.15, 0.2) is 38.1 Å². The summed E-state index contributed by atoms with van der Waals surface area (Å²) in [5, 5.41) is 9.04. The molecule has 1 aromatic carbocycles. The molecule has 94 valence electrons. The minimum Gasteiger partial charge on any atom is -0.447 e. The van der Waals surface area contributed by atoms with Crippen LogP contribution >= 0.6 is 0 Å². The minimum absolute atomic E-state index is 0.0760. The molecule has 2 heterocycles. The quantitative estimate of drug-likeness (QED) is 0.715. The largest absolute Gasteiger partial charge is 0.447 e. The number of aromatic nitrogens is 1. The zero-order valence-electron chi connectivity index (χ0n) is 10.0. The van der Waals surface area contributed by atoms with Gasteiger partial charge in [-0.25, -0.2) is 4.79 Å². The van der Waals surface area contributed by atoms with Gasteiger partial charge in [-0.3, -0.25) is 4.57 Å². The van der Waals surface area contributed by atoms with Crippen LogP contribution < -0.4 is 11.5 Å². The van der Waals surface area contributed by atoms with E-state index in [9.17, 15) is 4.79 Å². The maximum atomic E-state index is 11.4. The van der Waals surface area contributed by atoms with Crippen LogP contribution in [0.3, 0.4) is 0 Å². The van der Waals surface area contributed by atoms with Gasteiger partial charge < -0.3 is 14.6 Å². The monoisotopic (exact) mass is 255 g/mol. The van der Waals surface area contributed by atoms with Crippen molar-refractivity contribution in [3.05, 3.63) is 40.6 Å². The molecule has 2 aromatic heterocycles. The molecule has 0 aliphatic carbocycles. The lowest BCUT2D eigenvalue weighted by molar-refractivity contribution is 0.528. The molecule has 3 rings (SSSR count). The van der Waals surface area contributed by atoms with Crippen molar-refractivity contribution < 1.29 is 8.83 Å². The standard InChI is InChI=1S/C13H9N3O3/c1-16-10-3-2-7(4-11(10)19-13(16)17)9-6-18-12(15)8(9)5-14/h2-4,6H,15H2,1H3. The van der Waals surface area contributed by atoms with Gasteiger partial charge in [-0.15, -0.1) is 0 Å². The molecular formula is C13H9N3O3. The van der Waals surface area contributed by atoms with Crippen molar-refractivity contribution in [1.82, 2.24) is 4.57 Å². The number of aryl methyl sites for hydroxylation is 1. The van der Waals surface area contributed by atoms with E-state index in [1.54, 1.807) is 25.2 Å². The predicted molar refractivity (Wildman–Crippen MR) is 68.3 cm³/mol. The highest BCUT2D eigenvalue weighted by molar-refractivity contribution is 5.83. The Hall–Kier alpha value is -2.94. The number of hydrogen-bond donors (Lipinski definition) is 1. The summed E-state index contributed by atoms with van der Waals surface area (Å²) in [6.45, 7) is 0. The maximum absolute atomic E-state index is 11.4. The highest BCUT2D eigenvalue weighted by Gasteiger charge is 2.14. The summed E-state index contributed by atoms with van der Waals surface area (Å²) < 4.78 is 11.6. The first kappa shape index (κ1) is 11.2. The second-order valence-electron chi connectivity index (χ2n) is 4.11. The first-order valence-electron chi connectivity index (χ1n) is 5.49. The second kappa shape index (κ2) is 3.78. The van der Waals surface area contributed by atoms with Gasteiger partial charge in [0.2, 0.25) is 5.88 Å². The smallest absolute Gasteiger partial charge is 0.419 e. The van der Waals surface area contributed by atoms with E-state index in [-0.39, 0.29) is 11.4 Å². The molecule has 0 aliphatic heterocycles. The van der Waals surface area contributed by atoms with Crippen LogP contribution in [0.5, 0.6) is 0 Å². The van der Waals surface area contributed by atoms with Crippen LogP contribution in [-0.4, -0.2) is 4.57 Å². The van der Waals surface area contributed by atoms with Crippen molar-refractivity contribution in [3.8, 4) is 17.2 Å². The zero-order chi connectivity index (χ0) is 13.6. The Balaban J connectivity index is 2.27. The molecule has 2 N–H and O–H groups in total. The summed E-state index contributed by atoms with van der Waals surface area (Å²) in [6.07, 6.45) is 1.41. The average Bonchev–Trinajstić information content (AvgIpc) is 2.90. The van der Waals surface area contributed by atoms with E-state index >= 15 is 0 Å². The number of benzene rings is 1. The first-order chi connectivity index (χ1) is 9.11. The number of nitrogens with zero attached hydrogens (tertiary/aromatic N) is 2. The van der Waals surface area contributed by atoms with Gasteiger partial charge in [0.1, 0.15) is 17.9 Å². The Labute approximate surface area is 107 Å². The Morgan fingerprint density at radius 3 is 2.95 bits per heavy atom. The Bertz CT molecular complexity index is 877. The van der Waals surface area contributed by atoms with Gasteiger partial charge in [0.15, 0.2) is 5.58 Å². The normalized spacial score (nSPS) is 10.7. The molecule has 0 radical (unpaired) electrons.